The van der Waals surface area contributed by atoms with Crippen LogP contribution in [0.15, 0.2) is 85.1 Å². The fourth-order valence-electron chi connectivity index (χ4n) is 4.09. The van der Waals surface area contributed by atoms with Gasteiger partial charge in [-0.3, -0.25) is 4.98 Å². The van der Waals surface area contributed by atoms with Crippen LogP contribution in [0.2, 0.25) is 0 Å². The number of benzene rings is 3. The molecular formula is C27H22N4O2. The summed E-state index contributed by atoms with van der Waals surface area (Å²) in [5, 5.41) is 19.0. The molecule has 0 saturated heterocycles. The number of nitrogens with one attached hydrogen (secondary N) is 1. The number of pyridine rings is 1. The molecule has 0 fully saturated rings. The molecule has 162 valence electrons. The normalized spacial score (nSPS) is 11.0. The smallest absolute Gasteiger partial charge is 0.337 e. The van der Waals surface area contributed by atoms with Gasteiger partial charge in [0.15, 0.2) is 0 Å². The topological polar surface area (TPSA) is 80.0 Å². The van der Waals surface area contributed by atoms with E-state index in [0.717, 1.165) is 39.0 Å². The van der Waals surface area contributed by atoms with Gasteiger partial charge in [-0.25, -0.2) is 9.48 Å². The highest BCUT2D eigenvalue weighted by atomic mass is 16.4. The van der Waals surface area contributed by atoms with Crippen LogP contribution >= 0.6 is 0 Å². The fourth-order valence-corrected chi connectivity index (χ4v) is 4.09. The minimum absolute atomic E-state index is 0.193. The Morgan fingerprint density at radius 3 is 2.55 bits per heavy atom. The number of fused-ring (bicyclic) bond motifs is 1. The molecule has 5 aromatic rings. The van der Waals surface area contributed by atoms with Gasteiger partial charge in [0.2, 0.25) is 0 Å². The second-order valence-electron chi connectivity index (χ2n) is 7.89. The number of nitrogens with zero attached hydrogens (tertiary/aromatic N) is 3. The van der Waals surface area contributed by atoms with Crippen LogP contribution < -0.4 is 5.32 Å². The van der Waals surface area contributed by atoms with Crippen LogP contribution in [0.1, 0.15) is 21.6 Å². The Labute approximate surface area is 191 Å². The lowest BCUT2D eigenvalue weighted by Gasteiger charge is -2.15. The van der Waals surface area contributed by atoms with E-state index in [1.165, 1.54) is 0 Å². The third-order valence-electron chi connectivity index (χ3n) is 5.71. The number of aromatic nitrogens is 3. The number of carboxylic acids is 1. The van der Waals surface area contributed by atoms with Crippen molar-refractivity contribution in [2.75, 3.05) is 5.32 Å². The lowest BCUT2D eigenvalue weighted by molar-refractivity contribution is 0.0698. The van der Waals surface area contributed by atoms with E-state index in [-0.39, 0.29) is 5.56 Å². The predicted octanol–water partition coefficient (Wildman–Crippen LogP) is 6.15. The Kier molecular flexibility index (Phi) is 5.11. The molecule has 0 aliphatic rings. The molecular weight excluding hydrogens is 412 g/mol. The second kappa shape index (κ2) is 8.24. The van der Waals surface area contributed by atoms with Gasteiger partial charge in [-0.15, -0.1) is 0 Å². The van der Waals surface area contributed by atoms with Crippen LogP contribution in [-0.4, -0.2) is 25.8 Å². The number of carboxylic acid groups (broad SMARTS) is 1. The van der Waals surface area contributed by atoms with Crippen LogP contribution in [0.3, 0.4) is 0 Å². The maximum absolute atomic E-state index is 11.9. The lowest BCUT2D eigenvalue weighted by atomic mass is 10.0. The van der Waals surface area contributed by atoms with E-state index in [0.29, 0.717) is 11.5 Å². The second-order valence-corrected chi connectivity index (χ2v) is 7.89. The quantitative estimate of drug-likeness (QED) is 0.347. The summed E-state index contributed by atoms with van der Waals surface area (Å²) in [6, 6.07) is 24.9. The Bertz CT molecular complexity index is 1500. The first-order valence-electron chi connectivity index (χ1n) is 10.6. The number of hydrogen-bond acceptors (Lipinski definition) is 4. The zero-order chi connectivity index (χ0) is 22.9. The van der Waals surface area contributed by atoms with Gasteiger partial charge >= 0.3 is 5.97 Å². The molecule has 0 unspecified atom stereocenters. The number of anilines is 2. The summed E-state index contributed by atoms with van der Waals surface area (Å²) in [6.45, 7) is 3.99. The average Bonchev–Trinajstić information content (AvgIpc) is 3.14. The summed E-state index contributed by atoms with van der Waals surface area (Å²) < 4.78 is 1.85. The molecule has 0 radical (unpaired) electrons. The first kappa shape index (κ1) is 20.5. The Morgan fingerprint density at radius 2 is 1.73 bits per heavy atom. The minimum Gasteiger partial charge on any atom is -0.478 e. The highest BCUT2D eigenvalue weighted by Crippen LogP contribution is 2.37. The molecule has 0 aliphatic carbocycles. The number of rotatable bonds is 5. The number of para-hydroxylation sites is 2. The van der Waals surface area contributed by atoms with Crippen molar-refractivity contribution in [2.24, 2.45) is 0 Å². The molecule has 0 amide bonds. The highest BCUT2D eigenvalue weighted by Gasteiger charge is 2.21. The van der Waals surface area contributed by atoms with E-state index in [2.05, 4.69) is 10.3 Å². The van der Waals surface area contributed by atoms with Gasteiger partial charge < -0.3 is 10.4 Å². The van der Waals surface area contributed by atoms with Crippen molar-refractivity contribution in [3.63, 3.8) is 0 Å². The number of hydrogen-bond donors (Lipinski definition) is 2. The van der Waals surface area contributed by atoms with E-state index < -0.39 is 5.97 Å². The summed E-state index contributed by atoms with van der Waals surface area (Å²) in [5.74, 6) is -0.293. The summed E-state index contributed by atoms with van der Waals surface area (Å²) in [4.78, 5) is 16.4. The van der Waals surface area contributed by atoms with E-state index in [1.807, 2.05) is 79.2 Å². The van der Waals surface area contributed by atoms with Crippen LogP contribution in [0, 0.1) is 13.8 Å². The molecule has 0 atom stereocenters. The summed E-state index contributed by atoms with van der Waals surface area (Å²) >= 11 is 0. The third kappa shape index (κ3) is 3.72. The molecule has 0 spiro atoms. The van der Waals surface area contributed by atoms with Crippen molar-refractivity contribution >= 4 is 28.4 Å². The van der Waals surface area contributed by atoms with Crippen LogP contribution in [0.25, 0.3) is 27.7 Å². The zero-order valence-corrected chi connectivity index (χ0v) is 18.3. The van der Waals surface area contributed by atoms with Crippen molar-refractivity contribution in [3.05, 3.63) is 102 Å². The molecule has 0 aliphatic heterocycles. The molecule has 33 heavy (non-hydrogen) atoms. The van der Waals surface area contributed by atoms with Gasteiger partial charge in [-0.2, -0.15) is 5.10 Å². The largest absolute Gasteiger partial charge is 0.478 e. The molecule has 6 nitrogen and oxygen atoms in total. The fraction of sp³-hybridized carbons (Fsp3) is 0.0741. The third-order valence-corrected chi connectivity index (χ3v) is 5.71. The van der Waals surface area contributed by atoms with E-state index in [4.69, 9.17) is 5.10 Å². The van der Waals surface area contributed by atoms with E-state index >= 15 is 0 Å². The van der Waals surface area contributed by atoms with Crippen LogP contribution in [-0.2, 0) is 0 Å². The standard InChI is InChI=1S/C27H22N4O2/c1-17-8-3-6-12-24(17)31-26(29-22-11-5-4-10-21(22)27(32)33)25(18(2)30-31)20-14-13-19-9-7-15-28-23(19)16-20/h3-16,29H,1-2H3,(H,32,33). The van der Waals surface area contributed by atoms with Gasteiger partial charge in [0.05, 0.1) is 28.1 Å². The Morgan fingerprint density at radius 1 is 0.939 bits per heavy atom. The number of carbonyl (C=O) groups is 1. The Hall–Kier alpha value is -4.45. The van der Waals surface area contributed by atoms with Gasteiger partial charge in [0.25, 0.3) is 0 Å². The van der Waals surface area contributed by atoms with Crippen molar-refractivity contribution < 1.29 is 9.90 Å². The van der Waals surface area contributed by atoms with Crippen molar-refractivity contribution in [1.29, 1.82) is 0 Å². The molecule has 2 aromatic heterocycles. The van der Waals surface area contributed by atoms with Crippen molar-refractivity contribution in [2.45, 2.75) is 13.8 Å². The van der Waals surface area contributed by atoms with Crippen molar-refractivity contribution in [1.82, 2.24) is 14.8 Å². The highest BCUT2D eigenvalue weighted by molar-refractivity contribution is 5.96. The first-order valence-corrected chi connectivity index (χ1v) is 10.6. The molecule has 2 N–H and O–H groups in total. The first-order chi connectivity index (χ1) is 16.0. The monoisotopic (exact) mass is 434 g/mol. The summed E-state index contributed by atoms with van der Waals surface area (Å²) in [7, 11) is 0. The van der Waals surface area contributed by atoms with Gasteiger partial charge in [0, 0.05) is 17.1 Å². The maximum atomic E-state index is 11.9. The minimum atomic E-state index is -0.992. The van der Waals surface area contributed by atoms with E-state index in [1.54, 1.807) is 24.4 Å². The molecule has 0 saturated carbocycles. The molecule has 5 rings (SSSR count). The van der Waals surface area contributed by atoms with Gasteiger partial charge in [-0.1, -0.05) is 48.5 Å². The maximum Gasteiger partial charge on any atom is 0.337 e. The lowest BCUT2D eigenvalue weighted by Crippen LogP contribution is -2.08. The SMILES string of the molecule is Cc1ccccc1-n1nc(C)c(-c2ccc3cccnc3c2)c1Nc1ccccc1C(=O)O. The number of aryl methyl sites for hydroxylation is 2. The zero-order valence-electron chi connectivity index (χ0n) is 18.3. The summed E-state index contributed by atoms with van der Waals surface area (Å²) in [5.41, 5.74) is 6.22. The van der Waals surface area contributed by atoms with Crippen LogP contribution in [0.5, 0.6) is 0 Å². The van der Waals surface area contributed by atoms with Crippen molar-refractivity contribution in [3.8, 4) is 16.8 Å². The van der Waals surface area contributed by atoms with Gasteiger partial charge in [-0.05, 0) is 55.3 Å². The Balaban J connectivity index is 1.76. The summed E-state index contributed by atoms with van der Waals surface area (Å²) in [6.07, 6.45) is 1.78. The average molecular weight is 434 g/mol. The predicted molar refractivity (Wildman–Crippen MR) is 130 cm³/mol. The van der Waals surface area contributed by atoms with Crippen LogP contribution in [0.4, 0.5) is 11.5 Å². The molecule has 3 aromatic carbocycles. The molecule has 0 bridgehead atoms. The number of aromatic carboxylic acids is 1. The van der Waals surface area contributed by atoms with Gasteiger partial charge in [0.1, 0.15) is 5.82 Å². The van der Waals surface area contributed by atoms with E-state index in [9.17, 15) is 9.90 Å². The molecule has 2 heterocycles. The molecule has 6 heteroatoms.